The van der Waals surface area contributed by atoms with Crippen LogP contribution >= 0.6 is 0 Å². The Balaban J connectivity index is 2.30. The Bertz CT molecular complexity index is 218. The highest BCUT2D eigenvalue weighted by Gasteiger charge is 2.27. The zero-order valence-electron chi connectivity index (χ0n) is 12.0. The van der Waals surface area contributed by atoms with Crippen molar-refractivity contribution < 1.29 is 4.74 Å². The van der Waals surface area contributed by atoms with Crippen molar-refractivity contribution in [1.29, 1.82) is 0 Å². The molecule has 17 heavy (non-hydrogen) atoms. The van der Waals surface area contributed by atoms with Gasteiger partial charge in [-0.25, -0.2) is 0 Å². The second kappa shape index (κ2) is 6.72. The van der Waals surface area contributed by atoms with Gasteiger partial charge in [0.05, 0.1) is 5.60 Å². The van der Waals surface area contributed by atoms with Crippen LogP contribution in [0, 0.1) is 5.92 Å². The first-order chi connectivity index (χ1) is 7.99. The molecule has 2 atom stereocenters. The topological polar surface area (TPSA) is 38.5 Å². The van der Waals surface area contributed by atoms with Crippen molar-refractivity contribution in [2.75, 3.05) is 26.7 Å². The molecule has 1 rings (SSSR count). The molecule has 0 aromatic rings. The fourth-order valence-corrected chi connectivity index (χ4v) is 2.51. The molecule has 3 nitrogen and oxygen atoms in total. The van der Waals surface area contributed by atoms with Crippen LogP contribution in [-0.2, 0) is 4.74 Å². The van der Waals surface area contributed by atoms with Gasteiger partial charge < -0.3 is 15.4 Å². The van der Waals surface area contributed by atoms with Crippen LogP contribution in [0.15, 0.2) is 0 Å². The molecule has 1 saturated heterocycles. The quantitative estimate of drug-likeness (QED) is 0.776. The number of hydrogen-bond donors (Lipinski definition) is 1. The Morgan fingerprint density at radius 2 is 2.18 bits per heavy atom. The fraction of sp³-hybridized carbons (Fsp3) is 1.00. The first-order valence-corrected chi connectivity index (χ1v) is 7.02. The molecule has 0 aromatic carbocycles. The summed E-state index contributed by atoms with van der Waals surface area (Å²) < 4.78 is 5.44. The van der Waals surface area contributed by atoms with Gasteiger partial charge in [-0.05, 0) is 52.1 Å². The van der Waals surface area contributed by atoms with Crippen molar-refractivity contribution in [3.8, 4) is 0 Å². The number of methoxy groups -OCH3 is 1. The van der Waals surface area contributed by atoms with E-state index in [0.717, 1.165) is 18.9 Å². The van der Waals surface area contributed by atoms with Crippen LogP contribution in [0.5, 0.6) is 0 Å². The van der Waals surface area contributed by atoms with E-state index in [0.29, 0.717) is 0 Å². The van der Waals surface area contributed by atoms with Crippen LogP contribution in [-0.4, -0.2) is 43.3 Å². The summed E-state index contributed by atoms with van der Waals surface area (Å²) in [6.07, 6.45) is 5.09. The molecule has 3 heteroatoms. The van der Waals surface area contributed by atoms with Gasteiger partial charge in [0.15, 0.2) is 0 Å². The highest BCUT2D eigenvalue weighted by molar-refractivity contribution is 4.84. The van der Waals surface area contributed by atoms with E-state index in [4.69, 9.17) is 10.5 Å². The summed E-state index contributed by atoms with van der Waals surface area (Å²) in [4.78, 5) is 2.57. The summed E-state index contributed by atoms with van der Waals surface area (Å²) >= 11 is 0. The number of hydrogen-bond acceptors (Lipinski definition) is 3. The van der Waals surface area contributed by atoms with Gasteiger partial charge in [0, 0.05) is 19.7 Å². The first-order valence-electron chi connectivity index (χ1n) is 7.02. The van der Waals surface area contributed by atoms with Gasteiger partial charge in [-0.1, -0.05) is 13.3 Å². The third-order valence-corrected chi connectivity index (χ3v) is 4.36. The monoisotopic (exact) mass is 242 g/mol. The van der Waals surface area contributed by atoms with Crippen LogP contribution in [0.25, 0.3) is 0 Å². The van der Waals surface area contributed by atoms with Crippen LogP contribution in [0.2, 0.25) is 0 Å². The average molecular weight is 242 g/mol. The van der Waals surface area contributed by atoms with Crippen molar-refractivity contribution in [2.45, 2.75) is 58.1 Å². The van der Waals surface area contributed by atoms with E-state index in [1.54, 1.807) is 7.11 Å². The molecule has 0 aliphatic carbocycles. The summed E-state index contributed by atoms with van der Waals surface area (Å²) in [6, 6.07) is 0.120. The highest BCUT2D eigenvalue weighted by atomic mass is 16.5. The lowest BCUT2D eigenvalue weighted by atomic mass is 9.93. The van der Waals surface area contributed by atoms with Crippen LogP contribution in [0.3, 0.4) is 0 Å². The molecule has 2 N–H and O–H groups in total. The van der Waals surface area contributed by atoms with E-state index in [9.17, 15) is 0 Å². The maximum absolute atomic E-state index is 6.19. The number of likely N-dealkylation sites (tertiary alicyclic amines) is 1. The molecule has 1 aliphatic heterocycles. The molecule has 0 radical (unpaired) electrons. The van der Waals surface area contributed by atoms with Crippen LogP contribution in [0.4, 0.5) is 0 Å². The standard InChI is InChI=1S/C14H30N2O/c1-5-12-7-6-9-16(11-12)10-8-13(15)14(2,3)17-4/h12-13H,5-11,15H2,1-4H3. The molecule has 2 unspecified atom stereocenters. The van der Waals surface area contributed by atoms with Crippen LogP contribution in [0.1, 0.15) is 46.5 Å². The summed E-state index contributed by atoms with van der Waals surface area (Å²) in [5.41, 5.74) is 5.99. The van der Waals surface area contributed by atoms with Gasteiger partial charge in [-0.2, -0.15) is 0 Å². The normalized spacial score (nSPS) is 24.9. The van der Waals surface area contributed by atoms with E-state index >= 15 is 0 Å². The molecule has 0 spiro atoms. The smallest absolute Gasteiger partial charge is 0.0773 e. The lowest BCUT2D eigenvalue weighted by Crippen LogP contribution is -2.47. The van der Waals surface area contributed by atoms with Crippen molar-refractivity contribution in [3.63, 3.8) is 0 Å². The predicted octanol–water partition coefficient (Wildman–Crippen LogP) is 2.25. The predicted molar refractivity (Wildman–Crippen MR) is 73.1 cm³/mol. The van der Waals surface area contributed by atoms with Gasteiger partial charge in [0.2, 0.25) is 0 Å². The average Bonchev–Trinajstić information content (AvgIpc) is 2.36. The molecular formula is C14H30N2O. The van der Waals surface area contributed by atoms with Crippen molar-refractivity contribution in [2.24, 2.45) is 11.7 Å². The van der Waals surface area contributed by atoms with Crippen molar-refractivity contribution >= 4 is 0 Å². The van der Waals surface area contributed by atoms with Crippen LogP contribution < -0.4 is 5.73 Å². The van der Waals surface area contributed by atoms with E-state index in [-0.39, 0.29) is 11.6 Å². The van der Waals surface area contributed by atoms with Gasteiger partial charge in [-0.3, -0.25) is 0 Å². The molecule has 0 bridgehead atoms. The van der Waals surface area contributed by atoms with E-state index in [2.05, 4.69) is 25.7 Å². The Morgan fingerprint density at radius 3 is 2.76 bits per heavy atom. The summed E-state index contributed by atoms with van der Waals surface area (Å²) in [7, 11) is 1.74. The SMILES string of the molecule is CCC1CCCN(CCC(N)C(C)(C)OC)C1. The third kappa shape index (κ3) is 4.57. The Morgan fingerprint density at radius 1 is 1.47 bits per heavy atom. The summed E-state index contributed by atoms with van der Waals surface area (Å²) in [6.45, 7) is 10.1. The molecule has 1 aliphatic rings. The zero-order chi connectivity index (χ0) is 12.9. The molecule has 1 fully saturated rings. The maximum atomic E-state index is 6.19. The second-order valence-corrected chi connectivity index (χ2v) is 5.92. The number of nitrogens with zero attached hydrogens (tertiary/aromatic N) is 1. The molecule has 1 heterocycles. The minimum Gasteiger partial charge on any atom is -0.377 e. The lowest BCUT2D eigenvalue weighted by molar-refractivity contribution is -0.00466. The number of nitrogens with two attached hydrogens (primary N) is 1. The van der Waals surface area contributed by atoms with Gasteiger partial charge in [0.25, 0.3) is 0 Å². The Labute approximate surface area is 107 Å². The van der Waals surface area contributed by atoms with E-state index in [1.165, 1.54) is 32.4 Å². The molecular weight excluding hydrogens is 212 g/mol. The summed E-state index contributed by atoms with van der Waals surface area (Å²) in [5, 5.41) is 0. The Kier molecular flexibility index (Phi) is 5.90. The molecule has 102 valence electrons. The van der Waals surface area contributed by atoms with Gasteiger partial charge in [0.1, 0.15) is 0 Å². The lowest BCUT2D eigenvalue weighted by Gasteiger charge is -2.35. The number of rotatable bonds is 6. The minimum absolute atomic E-state index is 0.120. The highest BCUT2D eigenvalue weighted by Crippen LogP contribution is 2.20. The first kappa shape index (κ1) is 14.9. The second-order valence-electron chi connectivity index (χ2n) is 5.92. The van der Waals surface area contributed by atoms with Crippen molar-refractivity contribution in [3.05, 3.63) is 0 Å². The Hall–Kier alpha value is -0.120. The maximum Gasteiger partial charge on any atom is 0.0773 e. The van der Waals surface area contributed by atoms with E-state index < -0.39 is 0 Å². The van der Waals surface area contributed by atoms with E-state index in [1.807, 2.05) is 0 Å². The molecule has 0 amide bonds. The third-order valence-electron chi connectivity index (χ3n) is 4.36. The largest absolute Gasteiger partial charge is 0.377 e. The molecule has 0 aromatic heterocycles. The summed E-state index contributed by atoms with van der Waals surface area (Å²) in [5.74, 6) is 0.899. The molecule has 0 saturated carbocycles. The van der Waals surface area contributed by atoms with Gasteiger partial charge >= 0.3 is 0 Å². The fourth-order valence-electron chi connectivity index (χ4n) is 2.51. The number of ether oxygens (including phenoxy) is 1. The minimum atomic E-state index is -0.208. The van der Waals surface area contributed by atoms with Crippen molar-refractivity contribution in [1.82, 2.24) is 4.90 Å². The van der Waals surface area contributed by atoms with Gasteiger partial charge in [-0.15, -0.1) is 0 Å². The zero-order valence-corrected chi connectivity index (χ0v) is 12.0. The number of piperidine rings is 1.